The Hall–Kier alpha value is -2.37. The van der Waals surface area contributed by atoms with Gasteiger partial charge in [0, 0.05) is 35.4 Å². The molecule has 0 spiro atoms. The zero-order valence-electron chi connectivity index (χ0n) is 12.1. The Kier molecular flexibility index (Phi) is 4.09. The fourth-order valence-corrected chi connectivity index (χ4v) is 3.46. The van der Waals surface area contributed by atoms with E-state index in [0.717, 1.165) is 16.8 Å². The number of benzene rings is 1. The van der Waals surface area contributed by atoms with Crippen molar-refractivity contribution >= 4 is 22.4 Å². The van der Waals surface area contributed by atoms with Gasteiger partial charge in [0.25, 0.3) is 0 Å². The molecule has 6 nitrogen and oxygen atoms in total. The van der Waals surface area contributed by atoms with E-state index in [0.29, 0.717) is 24.6 Å². The Balaban J connectivity index is 1.81. The SMILES string of the molecule is Cc1ccccc1-c1csc(N2CC(CN=[N+]=[N-])CC2=O)n1. The maximum Gasteiger partial charge on any atom is 0.229 e. The second-order valence-electron chi connectivity index (χ2n) is 5.32. The molecule has 1 saturated heterocycles. The summed E-state index contributed by atoms with van der Waals surface area (Å²) in [5, 5.41) is 6.26. The van der Waals surface area contributed by atoms with Crippen molar-refractivity contribution < 1.29 is 4.79 Å². The van der Waals surface area contributed by atoms with E-state index in [9.17, 15) is 4.79 Å². The van der Waals surface area contributed by atoms with Crippen LogP contribution in [-0.2, 0) is 4.79 Å². The predicted molar refractivity (Wildman–Crippen MR) is 86.8 cm³/mol. The summed E-state index contributed by atoms with van der Waals surface area (Å²) in [5.74, 6) is 0.123. The third kappa shape index (κ3) is 2.81. The fraction of sp³-hybridized carbons (Fsp3) is 0.333. The molecule has 0 aliphatic carbocycles. The van der Waals surface area contributed by atoms with Crippen LogP contribution in [0.15, 0.2) is 34.8 Å². The van der Waals surface area contributed by atoms with E-state index in [2.05, 4.69) is 15.0 Å². The molecule has 7 heteroatoms. The highest BCUT2D eigenvalue weighted by atomic mass is 32.1. The molecule has 1 aromatic carbocycles. The third-order valence-corrected chi connectivity index (χ3v) is 4.62. The standard InChI is InChI=1S/C15H15N5OS/c1-10-4-2-3-5-12(10)13-9-22-15(18-13)20-8-11(6-14(20)21)7-17-19-16/h2-5,9,11H,6-8H2,1H3. The van der Waals surface area contributed by atoms with Gasteiger partial charge in [-0.25, -0.2) is 4.98 Å². The highest BCUT2D eigenvalue weighted by molar-refractivity contribution is 7.14. The number of anilines is 1. The molecule has 1 unspecified atom stereocenters. The van der Waals surface area contributed by atoms with Crippen LogP contribution >= 0.6 is 11.3 Å². The molecule has 112 valence electrons. The third-order valence-electron chi connectivity index (χ3n) is 3.75. The molecule has 0 N–H and O–H groups in total. The summed E-state index contributed by atoms with van der Waals surface area (Å²) in [5.41, 5.74) is 11.5. The molecule has 0 radical (unpaired) electrons. The van der Waals surface area contributed by atoms with Crippen molar-refractivity contribution in [2.75, 3.05) is 18.0 Å². The quantitative estimate of drug-likeness (QED) is 0.489. The van der Waals surface area contributed by atoms with E-state index in [1.165, 1.54) is 11.3 Å². The number of carbonyl (C=O) groups is 1. The summed E-state index contributed by atoms with van der Waals surface area (Å²) in [6.45, 7) is 2.97. The van der Waals surface area contributed by atoms with Crippen LogP contribution in [-0.4, -0.2) is 24.0 Å². The first-order valence-electron chi connectivity index (χ1n) is 7.02. The van der Waals surface area contributed by atoms with Crippen LogP contribution in [0.4, 0.5) is 5.13 Å². The van der Waals surface area contributed by atoms with Crippen LogP contribution in [0.2, 0.25) is 0 Å². The maximum atomic E-state index is 12.1. The molecular formula is C15H15N5OS. The van der Waals surface area contributed by atoms with E-state index >= 15 is 0 Å². The summed E-state index contributed by atoms with van der Waals surface area (Å²) in [7, 11) is 0. The lowest BCUT2D eigenvalue weighted by Gasteiger charge is -2.12. The van der Waals surface area contributed by atoms with Crippen molar-refractivity contribution in [2.24, 2.45) is 11.0 Å². The van der Waals surface area contributed by atoms with Crippen molar-refractivity contribution in [3.63, 3.8) is 0 Å². The minimum Gasteiger partial charge on any atom is -0.288 e. The number of aromatic nitrogens is 1. The van der Waals surface area contributed by atoms with Crippen molar-refractivity contribution in [2.45, 2.75) is 13.3 Å². The molecule has 22 heavy (non-hydrogen) atoms. The Morgan fingerprint density at radius 3 is 3.09 bits per heavy atom. The van der Waals surface area contributed by atoms with Gasteiger partial charge >= 0.3 is 0 Å². The summed E-state index contributed by atoms with van der Waals surface area (Å²) in [4.78, 5) is 21.2. The van der Waals surface area contributed by atoms with Crippen LogP contribution in [0.25, 0.3) is 21.7 Å². The van der Waals surface area contributed by atoms with Gasteiger partial charge in [-0.3, -0.25) is 9.69 Å². The van der Waals surface area contributed by atoms with Crippen LogP contribution in [0.1, 0.15) is 12.0 Å². The van der Waals surface area contributed by atoms with Crippen LogP contribution in [0, 0.1) is 12.8 Å². The van der Waals surface area contributed by atoms with Crippen LogP contribution < -0.4 is 4.90 Å². The number of rotatable bonds is 4. The number of azide groups is 1. The van der Waals surface area contributed by atoms with Gasteiger partial charge in [0.1, 0.15) is 0 Å². The van der Waals surface area contributed by atoms with Gasteiger partial charge in [0.15, 0.2) is 5.13 Å². The molecule has 3 rings (SSSR count). The van der Waals surface area contributed by atoms with Gasteiger partial charge in [0.2, 0.25) is 5.91 Å². The normalized spacial score (nSPS) is 17.6. The Labute approximate surface area is 132 Å². The summed E-state index contributed by atoms with van der Waals surface area (Å²) >= 11 is 1.47. The molecule has 1 atom stereocenters. The molecule has 1 amide bonds. The van der Waals surface area contributed by atoms with Gasteiger partial charge in [-0.1, -0.05) is 29.4 Å². The van der Waals surface area contributed by atoms with Gasteiger partial charge < -0.3 is 0 Å². The first-order chi connectivity index (χ1) is 10.7. The number of hydrogen-bond donors (Lipinski definition) is 0. The van der Waals surface area contributed by atoms with E-state index in [1.807, 2.05) is 36.6 Å². The second-order valence-corrected chi connectivity index (χ2v) is 6.15. The monoisotopic (exact) mass is 313 g/mol. The molecule has 2 aromatic rings. The molecule has 0 saturated carbocycles. The van der Waals surface area contributed by atoms with Crippen LogP contribution in [0.5, 0.6) is 0 Å². The van der Waals surface area contributed by atoms with Gasteiger partial charge in [-0.2, -0.15) is 0 Å². The van der Waals surface area contributed by atoms with Crippen molar-refractivity contribution in [3.8, 4) is 11.3 Å². The predicted octanol–water partition coefficient (Wildman–Crippen LogP) is 3.78. The lowest BCUT2D eigenvalue weighted by Crippen LogP contribution is -2.24. The average molecular weight is 313 g/mol. The zero-order chi connectivity index (χ0) is 15.5. The minimum atomic E-state index is 0.0452. The molecule has 1 fully saturated rings. The Morgan fingerprint density at radius 2 is 2.32 bits per heavy atom. The van der Waals surface area contributed by atoms with Crippen LogP contribution in [0.3, 0.4) is 0 Å². The Bertz CT molecular complexity index is 750. The van der Waals surface area contributed by atoms with E-state index < -0.39 is 0 Å². The fourth-order valence-electron chi connectivity index (χ4n) is 2.61. The summed E-state index contributed by atoms with van der Waals surface area (Å²) in [6.07, 6.45) is 0.415. The first-order valence-corrected chi connectivity index (χ1v) is 7.89. The summed E-state index contributed by atoms with van der Waals surface area (Å²) in [6, 6.07) is 8.06. The second kappa shape index (κ2) is 6.17. The smallest absolute Gasteiger partial charge is 0.229 e. The molecule has 1 aromatic heterocycles. The molecule has 1 aliphatic rings. The lowest BCUT2D eigenvalue weighted by atomic mass is 10.1. The lowest BCUT2D eigenvalue weighted by molar-refractivity contribution is -0.117. The van der Waals surface area contributed by atoms with E-state index in [1.54, 1.807) is 4.90 Å². The highest BCUT2D eigenvalue weighted by Gasteiger charge is 2.31. The first kappa shape index (κ1) is 14.6. The molecule has 2 heterocycles. The van der Waals surface area contributed by atoms with Crippen molar-refractivity contribution in [1.29, 1.82) is 0 Å². The number of carbonyl (C=O) groups excluding carboxylic acids is 1. The zero-order valence-corrected chi connectivity index (χ0v) is 13.0. The number of hydrogen-bond acceptors (Lipinski definition) is 4. The highest BCUT2D eigenvalue weighted by Crippen LogP contribution is 2.32. The topological polar surface area (TPSA) is 82.0 Å². The number of nitrogens with zero attached hydrogens (tertiary/aromatic N) is 5. The molecule has 0 bridgehead atoms. The molecular weight excluding hydrogens is 298 g/mol. The van der Waals surface area contributed by atoms with E-state index in [4.69, 9.17) is 5.53 Å². The largest absolute Gasteiger partial charge is 0.288 e. The van der Waals surface area contributed by atoms with Crippen molar-refractivity contribution in [3.05, 3.63) is 45.7 Å². The van der Waals surface area contributed by atoms with Crippen molar-refractivity contribution in [1.82, 2.24) is 4.98 Å². The van der Waals surface area contributed by atoms with Gasteiger partial charge in [-0.15, -0.1) is 11.3 Å². The number of amides is 1. The number of thiazole rings is 1. The number of aryl methyl sites for hydroxylation is 1. The van der Waals surface area contributed by atoms with Gasteiger partial charge in [0.05, 0.1) is 5.69 Å². The minimum absolute atomic E-state index is 0.0452. The maximum absolute atomic E-state index is 12.1. The van der Waals surface area contributed by atoms with Gasteiger partial charge in [-0.05, 0) is 23.9 Å². The Morgan fingerprint density at radius 1 is 1.50 bits per heavy atom. The average Bonchev–Trinajstić information content (AvgIpc) is 3.12. The summed E-state index contributed by atoms with van der Waals surface area (Å²) < 4.78 is 0. The molecule has 1 aliphatic heterocycles. The van der Waals surface area contributed by atoms with E-state index in [-0.39, 0.29) is 11.8 Å².